The Morgan fingerprint density at radius 1 is 1.02 bits per heavy atom. The second kappa shape index (κ2) is 13.8. The van der Waals surface area contributed by atoms with Crippen molar-refractivity contribution in [3.8, 4) is 11.5 Å². The SMILES string of the molecule is CC(C)N(C(=O)c1cc(F)ccc1Oc1cncnc1N1CC[C@@H](CN2CC3(CCN(S(=O)(=O)N4CC5(CNC5)C4)CC3)C2)C1)C(C)C.Cl. The molecule has 1 aromatic carbocycles. The lowest BCUT2D eigenvalue weighted by molar-refractivity contribution is -0.0435. The lowest BCUT2D eigenvalue weighted by Crippen LogP contribution is -2.73. The lowest BCUT2D eigenvalue weighted by atomic mass is 9.72. The number of halogens is 2. The van der Waals surface area contributed by atoms with Gasteiger partial charge in [-0.25, -0.2) is 14.4 Å². The molecule has 5 saturated heterocycles. The number of hydrogen-bond acceptors (Lipinski definition) is 9. The van der Waals surface area contributed by atoms with E-state index >= 15 is 0 Å². The van der Waals surface area contributed by atoms with Crippen molar-refractivity contribution in [3.05, 3.63) is 42.1 Å². The zero-order valence-corrected chi connectivity index (χ0v) is 30.6. The number of hydrogen-bond donors (Lipinski definition) is 1. The molecular weight excluding hydrogens is 671 g/mol. The highest BCUT2D eigenvalue weighted by Gasteiger charge is 2.54. The number of carbonyl (C=O) groups excluding carboxylic acids is 1. The minimum Gasteiger partial charge on any atom is -0.451 e. The number of aromatic nitrogens is 2. The lowest BCUT2D eigenvalue weighted by Gasteiger charge is -2.57. The van der Waals surface area contributed by atoms with Crippen LogP contribution < -0.4 is 15.0 Å². The fraction of sp³-hybridized carbons (Fsp3) is 0.676. The predicted molar refractivity (Wildman–Crippen MR) is 188 cm³/mol. The van der Waals surface area contributed by atoms with E-state index in [1.165, 1.54) is 24.5 Å². The van der Waals surface area contributed by atoms with Crippen LogP contribution >= 0.6 is 12.4 Å². The third-order valence-corrected chi connectivity index (χ3v) is 13.0. The summed E-state index contributed by atoms with van der Waals surface area (Å²) in [7, 11) is -3.35. The molecule has 5 aliphatic rings. The Morgan fingerprint density at radius 2 is 1.71 bits per heavy atom. The number of ether oxygens (including phenoxy) is 1. The Labute approximate surface area is 295 Å². The Morgan fingerprint density at radius 3 is 2.35 bits per heavy atom. The Kier molecular flexibility index (Phi) is 10.2. The van der Waals surface area contributed by atoms with E-state index in [4.69, 9.17) is 4.74 Å². The predicted octanol–water partition coefficient (Wildman–Crippen LogP) is 3.46. The molecule has 5 fully saturated rings. The summed E-state index contributed by atoms with van der Waals surface area (Å²) in [5.74, 6) is 1.04. The smallest absolute Gasteiger partial charge is 0.282 e. The van der Waals surface area contributed by atoms with E-state index in [0.717, 1.165) is 65.1 Å². The number of benzene rings is 1. The van der Waals surface area contributed by atoms with E-state index in [1.54, 1.807) is 19.7 Å². The van der Waals surface area contributed by atoms with Crippen LogP contribution in [0.1, 0.15) is 57.3 Å². The van der Waals surface area contributed by atoms with Crippen molar-refractivity contribution in [2.45, 2.75) is 59.0 Å². The highest BCUT2D eigenvalue weighted by Crippen LogP contribution is 2.44. The molecule has 7 rings (SSSR count). The molecule has 15 heteroatoms. The molecule has 0 unspecified atom stereocenters. The molecule has 2 aromatic rings. The van der Waals surface area contributed by atoms with Gasteiger partial charge in [0.2, 0.25) is 0 Å². The zero-order valence-electron chi connectivity index (χ0n) is 29.0. The molecule has 49 heavy (non-hydrogen) atoms. The first-order valence-electron chi connectivity index (χ1n) is 17.4. The van der Waals surface area contributed by atoms with Gasteiger partial charge >= 0.3 is 0 Å². The fourth-order valence-electron chi connectivity index (χ4n) is 8.51. The van der Waals surface area contributed by atoms with Gasteiger partial charge in [0, 0.05) is 89.5 Å². The van der Waals surface area contributed by atoms with E-state index in [2.05, 4.69) is 25.1 Å². The van der Waals surface area contributed by atoms with Gasteiger partial charge in [0.25, 0.3) is 16.1 Å². The fourth-order valence-corrected chi connectivity index (χ4v) is 10.4. The molecular formula is C34H50ClFN8O4S. The molecule has 5 aliphatic heterocycles. The average molecular weight is 721 g/mol. The highest BCUT2D eigenvalue weighted by atomic mass is 35.5. The summed E-state index contributed by atoms with van der Waals surface area (Å²) < 4.78 is 50.4. The molecule has 0 bridgehead atoms. The third kappa shape index (κ3) is 7.01. The van der Waals surface area contributed by atoms with Gasteiger partial charge in [0.05, 0.1) is 11.8 Å². The van der Waals surface area contributed by atoms with Crippen molar-refractivity contribution in [2.75, 3.05) is 76.9 Å². The number of nitrogens with one attached hydrogen (secondary N) is 1. The van der Waals surface area contributed by atoms with E-state index < -0.39 is 16.0 Å². The Balaban J connectivity index is 0.00000417. The molecule has 1 aromatic heterocycles. The van der Waals surface area contributed by atoms with Crippen molar-refractivity contribution in [3.63, 3.8) is 0 Å². The van der Waals surface area contributed by atoms with Crippen LogP contribution in [0.4, 0.5) is 10.2 Å². The first kappa shape index (κ1) is 36.2. The van der Waals surface area contributed by atoms with E-state index in [0.29, 0.717) is 43.7 Å². The topological polar surface area (TPSA) is 114 Å². The normalized spacial score (nSPS) is 23.7. The third-order valence-electron chi connectivity index (χ3n) is 11.1. The van der Waals surface area contributed by atoms with E-state index in [1.807, 2.05) is 27.7 Å². The number of anilines is 1. The van der Waals surface area contributed by atoms with Crippen molar-refractivity contribution in [1.29, 1.82) is 0 Å². The minimum absolute atomic E-state index is 0. The molecule has 2 spiro atoms. The largest absolute Gasteiger partial charge is 0.451 e. The quantitative estimate of drug-likeness (QED) is 0.394. The van der Waals surface area contributed by atoms with Crippen LogP contribution in [0.3, 0.4) is 0 Å². The maximum atomic E-state index is 14.4. The Hall–Kier alpha value is -2.62. The number of carbonyl (C=O) groups is 1. The molecule has 12 nitrogen and oxygen atoms in total. The van der Waals surface area contributed by atoms with Gasteiger partial charge in [-0.2, -0.15) is 17.0 Å². The van der Waals surface area contributed by atoms with Gasteiger partial charge in [-0.15, -0.1) is 12.4 Å². The van der Waals surface area contributed by atoms with Crippen LogP contribution in [0.5, 0.6) is 11.5 Å². The van der Waals surface area contributed by atoms with Gasteiger partial charge in [-0.05, 0) is 76.5 Å². The summed E-state index contributed by atoms with van der Waals surface area (Å²) in [6.07, 6.45) is 5.96. The number of rotatable bonds is 10. The summed E-state index contributed by atoms with van der Waals surface area (Å²) in [5.41, 5.74) is 0.574. The minimum atomic E-state index is -3.35. The second-order valence-electron chi connectivity index (χ2n) is 15.4. The molecule has 0 saturated carbocycles. The molecule has 270 valence electrons. The molecule has 1 atom stereocenters. The van der Waals surface area contributed by atoms with Crippen molar-refractivity contribution in [1.82, 2.24) is 33.7 Å². The molecule has 1 N–H and O–H groups in total. The molecule has 6 heterocycles. The summed E-state index contributed by atoms with van der Waals surface area (Å²) in [6.45, 7) is 16.8. The van der Waals surface area contributed by atoms with Gasteiger partial charge < -0.3 is 24.8 Å². The van der Waals surface area contributed by atoms with Crippen LogP contribution in [-0.4, -0.2) is 127 Å². The van der Waals surface area contributed by atoms with Crippen molar-refractivity contribution < 1.29 is 22.3 Å². The van der Waals surface area contributed by atoms with Crippen molar-refractivity contribution >= 4 is 34.3 Å². The van der Waals surface area contributed by atoms with Gasteiger partial charge in [0.15, 0.2) is 11.6 Å². The van der Waals surface area contributed by atoms with Gasteiger partial charge in [-0.1, -0.05) is 0 Å². The van der Waals surface area contributed by atoms with Gasteiger partial charge in [0.1, 0.15) is 17.9 Å². The van der Waals surface area contributed by atoms with Crippen molar-refractivity contribution in [2.24, 2.45) is 16.7 Å². The monoisotopic (exact) mass is 720 g/mol. The zero-order chi connectivity index (χ0) is 33.8. The average Bonchev–Trinajstić information content (AvgIpc) is 3.44. The summed E-state index contributed by atoms with van der Waals surface area (Å²) in [4.78, 5) is 28.8. The summed E-state index contributed by atoms with van der Waals surface area (Å²) in [5, 5.41) is 3.27. The van der Waals surface area contributed by atoms with E-state index in [-0.39, 0.29) is 52.5 Å². The van der Waals surface area contributed by atoms with Crippen LogP contribution in [-0.2, 0) is 10.2 Å². The molecule has 1 amide bonds. The first-order chi connectivity index (χ1) is 22.9. The van der Waals surface area contributed by atoms with Crippen LogP contribution in [0.15, 0.2) is 30.7 Å². The van der Waals surface area contributed by atoms with Crippen LogP contribution in [0.25, 0.3) is 0 Å². The maximum Gasteiger partial charge on any atom is 0.282 e. The molecule has 0 radical (unpaired) electrons. The van der Waals surface area contributed by atoms with Gasteiger partial charge in [-0.3, -0.25) is 4.79 Å². The molecule has 0 aliphatic carbocycles. The summed E-state index contributed by atoms with van der Waals surface area (Å²) in [6, 6.07) is 3.90. The number of likely N-dealkylation sites (tertiary alicyclic amines) is 1. The van der Waals surface area contributed by atoms with Crippen LogP contribution in [0, 0.1) is 22.6 Å². The standard InChI is InChI=1S/C34H49FN8O4S.ClH/c1-24(2)43(25(3)4)32(44)28-13-27(35)5-6-29(28)47-30-14-36-23-38-31(30)40-10-7-26(16-40)15-39-19-33(20-39)8-11-41(12-9-33)48(45,46)42-21-34(22-42)17-37-18-34;/h5-6,13-14,23-26,37H,7-12,15-22H2,1-4H3;1H/t26-;/m0./s1. The van der Waals surface area contributed by atoms with E-state index in [9.17, 15) is 17.6 Å². The second-order valence-corrected chi connectivity index (χ2v) is 17.3. The number of nitrogens with zero attached hydrogens (tertiary/aromatic N) is 7. The maximum absolute atomic E-state index is 14.4. The Bertz CT molecular complexity index is 1610. The highest BCUT2D eigenvalue weighted by molar-refractivity contribution is 7.86. The number of amides is 1. The first-order valence-corrected chi connectivity index (χ1v) is 18.8. The van der Waals surface area contributed by atoms with Crippen LogP contribution in [0.2, 0.25) is 0 Å². The number of piperidine rings is 1. The summed E-state index contributed by atoms with van der Waals surface area (Å²) >= 11 is 0.